The summed E-state index contributed by atoms with van der Waals surface area (Å²) in [5.41, 5.74) is 8.52. The van der Waals surface area contributed by atoms with Crippen molar-refractivity contribution < 1.29 is 0 Å². The molecule has 0 aliphatic heterocycles. The van der Waals surface area contributed by atoms with Crippen LogP contribution < -0.4 is 11.1 Å². The molecule has 2 rings (SSSR count). The molecule has 1 saturated carbocycles. The van der Waals surface area contributed by atoms with Gasteiger partial charge in [-0.2, -0.15) is 0 Å². The lowest BCUT2D eigenvalue weighted by molar-refractivity contribution is 0.443. The smallest absolute Gasteiger partial charge is 0.0406 e. The first-order valence-electron chi connectivity index (χ1n) is 7.77. The molecule has 0 saturated heterocycles. The van der Waals surface area contributed by atoms with E-state index >= 15 is 0 Å². The Hall–Kier alpha value is -1.02. The van der Waals surface area contributed by atoms with Crippen molar-refractivity contribution in [3.63, 3.8) is 0 Å². The number of anilines is 1. The SMILES string of the molecule is CC(C)C(CN)Nc1ccc(C2CCCCC2)cc1. The van der Waals surface area contributed by atoms with Gasteiger partial charge in [0.2, 0.25) is 0 Å². The maximum Gasteiger partial charge on any atom is 0.0406 e. The molecule has 0 spiro atoms. The molecule has 106 valence electrons. The topological polar surface area (TPSA) is 38.0 Å². The van der Waals surface area contributed by atoms with Crippen molar-refractivity contribution in [2.24, 2.45) is 11.7 Å². The molecule has 1 aliphatic carbocycles. The normalized spacial score (nSPS) is 18.5. The van der Waals surface area contributed by atoms with E-state index in [1.54, 1.807) is 0 Å². The first-order valence-corrected chi connectivity index (χ1v) is 7.77. The summed E-state index contributed by atoms with van der Waals surface area (Å²) < 4.78 is 0. The van der Waals surface area contributed by atoms with Crippen LogP contribution >= 0.6 is 0 Å². The average Bonchev–Trinajstić information content (AvgIpc) is 2.46. The van der Waals surface area contributed by atoms with Crippen LogP contribution in [0.15, 0.2) is 24.3 Å². The van der Waals surface area contributed by atoms with Gasteiger partial charge in [0.05, 0.1) is 0 Å². The minimum Gasteiger partial charge on any atom is -0.381 e. The Bertz CT molecular complexity index is 363. The van der Waals surface area contributed by atoms with Gasteiger partial charge >= 0.3 is 0 Å². The predicted molar refractivity (Wildman–Crippen MR) is 83.6 cm³/mol. The second-order valence-electron chi connectivity index (χ2n) is 6.19. The van der Waals surface area contributed by atoms with Crippen molar-refractivity contribution in [2.75, 3.05) is 11.9 Å². The van der Waals surface area contributed by atoms with E-state index in [0.717, 1.165) is 5.92 Å². The maximum atomic E-state index is 5.81. The number of hydrogen-bond acceptors (Lipinski definition) is 2. The highest BCUT2D eigenvalue weighted by Crippen LogP contribution is 2.33. The summed E-state index contributed by atoms with van der Waals surface area (Å²) in [6.07, 6.45) is 6.94. The van der Waals surface area contributed by atoms with E-state index in [4.69, 9.17) is 5.73 Å². The van der Waals surface area contributed by atoms with E-state index < -0.39 is 0 Å². The first kappa shape index (κ1) is 14.4. The summed E-state index contributed by atoms with van der Waals surface area (Å²) in [5, 5.41) is 3.53. The molecule has 1 aromatic rings. The van der Waals surface area contributed by atoms with Gasteiger partial charge in [-0.05, 0) is 42.4 Å². The predicted octanol–water partition coefficient (Wildman–Crippen LogP) is 4.13. The summed E-state index contributed by atoms with van der Waals surface area (Å²) in [5.74, 6) is 1.35. The lowest BCUT2D eigenvalue weighted by Gasteiger charge is -2.24. The molecule has 0 aromatic heterocycles. The van der Waals surface area contributed by atoms with E-state index in [0.29, 0.717) is 18.5 Å². The molecule has 0 bridgehead atoms. The van der Waals surface area contributed by atoms with Crippen LogP contribution in [0.3, 0.4) is 0 Å². The van der Waals surface area contributed by atoms with Crippen LogP contribution in [-0.4, -0.2) is 12.6 Å². The van der Waals surface area contributed by atoms with Crippen molar-refractivity contribution >= 4 is 5.69 Å². The molecule has 1 aliphatic rings. The molecular weight excluding hydrogens is 232 g/mol. The lowest BCUT2D eigenvalue weighted by Crippen LogP contribution is -2.33. The standard InChI is InChI=1S/C17H28N2/c1-13(2)17(12-18)19-16-10-8-15(9-11-16)14-6-4-3-5-7-14/h8-11,13-14,17,19H,3-7,12,18H2,1-2H3. The van der Waals surface area contributed by atoms with Crippen LogP contribution in [0, 0.1) is 5.92 Å². The Morgan fingerprint density at radius 3 is 2.26 bits per heavy atom. The molecule has 1 atom stereocenters. The molecule has 1 aromatic carbocycles. The molecule has 2 heteroatoms. The lowest BCUT2D eigenvalue weighted by atomic mass is 9.84. The molecule has 19 heavy (non-hydrogen) atoms. The summed E-state index contributed by atoms with van der Waals surface area (Å²) in [7, 11) is 0. The fourth-order valence-corrected chi connectivity index (χ4v) is 3.00. The van der Waals surface area contributed by atoms with Crippen LogP contribution in [0.1, 0.15) is 57.4 Å². The molecule has 3 N–H and O–H groups in total. The van der Waals surface area contributed by atoms with Gasteiger partial charge in [0.1, 0.15) is 0 Å². The third-order valence-corrected chi connectivity index (χ3v) is 4.40. The highest BCUT2D eigenvalue weighted by Gasteiger charge is 2.15. The third-order valence-electron chi connectivity index (χ3n) is 4.40. The first-order chi connectivity index (χ1) is 9.20. The van der Waals surface area contributed by atoms with Gasteiger partial charge in [-0.3, -0.25) is 0 Å². The Morgan fingerprint density at radius 2 is 1.74 bits per heavy atom. The van der Waals surface area contributed by atoms with E-state index in [1.807, 2.05) is 0 Å². The molecular formula is C17H28N2. The second-order valence-corrected chi connectivity index (χ2v) is 6.19. The average molecular weight is 260 g/mol. The Labute approximate surface area is 117 Å². The molecule has 2 nitrogen and oxygen atoms in total. The fourth-order valence-electron chi connectivity index (χ4n) is 3.00. The maximum absolute atomic E-state index is 5.81. The van der Waals surface area contributed by atoms with E-state index in [9.17, 15) is 0 Å². The molecule has 1 unspecified atom stereocenters. The minimum absolute atomic E-state index is 0.362. The molecule has 0 amide bonds. The van der Waals surface area contributed by atoms with Gasteiger partial charge in [0.25, 0.3) is 0 Å². The Kier molecular flexibility index (Phi) is 5.26. The van der Waals surface area contributed by atoms with Crippen LogP contribution in [0.4, 0.5) is 5.69 Å². The van der Waals surface area contributed by atoms with Crippen LogP contribution in [0.2, 0.25) is 0 Å². The molecule has 0 heterocycles. The number of nitrogens with two attached hydrogens (primary N) is 1. The summed E-state index contributed by atoms with van der Waals surface area (Å²) >= 11 is 0. The van der Waals surface area contributed by atoms with Gasteiger partial charge in [-0.1, -0.05) is 45.2 Å². The zero-order chi connectivity index (χ0) is 13.7. The van der Waals surface area contributed by atoms with Crippen LogP contribution in [-0.2, 0) is 0 Å². The van der Waals surface area contributed by atoms with E-state index in [-0.39, 0.29) is 0 Å². The molecule has 1 fully saturated rings. The van der Waals surface area contributed by atoms with Crippen molar-refractivity contribution in [3.05, 3.63) is 29.8 Å². The van der Waals surface area contributed by atoms with Gasteiger partial charge in [-0.25, -0.2) is 0 Å². The van der Waals surface area contributed by atoms with Crippen molar-refractivity contribution in [1.82, 2.24) is 0 Å². The Morgan fingerprint density at radius 1 is 1.11 bits per heavy atom. The molecule has 0 radical (unpaired) electrons. The number of rotatable bonds is 5. The third kappa shape index (κ3) is 3.97. The van der Waals surface area contributed by atoms with Crippen molar-refractivity contribution in [3.8, 4) is 0 Å². The Balaban J connectivity index is 1.97. The summed E-state index contributed by atoms with van der Waals surface area (Å²) in [6.45, 7) is 5.10. The second kappa shape index (κ2) is 6.95. The summed E-state index contributed by atoms with van der Waals surface area (Å²) in [6, 6.07) is 9.39. The summed E-state index contributed by atoms with van der Waals surface area (Å²) in [4.78, 5) is 0. The fraction of sp³-hybridized carbons (Fsp3) is 0.647. The van der Waals surface area contributed by atoms with Crippen molar-refractivity contribution in [2.45, 2.75) is 57.9 Å². The van der Waals surface area contributed by atoms with E-state index in [2.05, 4.69) is 43.4 Å². The number of nitrogens with one attached hydrogen (secondary N) is 1. The van der Waals surface area contributed by atoms with Crippen LogP contribution in [0.5, 0.6) is 0 Å². The van der Waals surface area contributed by atoms with Gasteiger partial charge < -0.3 is 11.1 Å². The zero-order valence-corrected chi connectivity index (χ0v) is 12.4. The van der Waals surface area contributed by atoms with Crippen molar-refractivity contribution in [1.29, 1.82) is 0 Å². The highest BCUT2D eigenvalue weighted by atomic mass is 14.9. The highest BCUT2D eigenvalue weighted by molar-refractivity contribution is 5.46. The van der Waals surface area contributed by atoms with Gasteiger partial charge in [-0.15, -0.1) is 0 Å². The van der Waals surface area contributed by atoms with Gasteiger partial charge in [0, 0.05) is 18.3 Å². The quantitative estimate of drug-likeness (QED) is 0.835. The van der Waals surface area contributed by atoms with Gasteiger partial charge in [0.15, 0.2) is 0 Å². The van der Waals surface area contributed by atoms with E-state index in [1.165, 1.54) is 43.4 Å². The monoisotopic (exact) mass is 260 g/mol. The van der Waals surface area contributed by atoms with Crippen LogP contribution in [0.25, 0.3) is 0 Å². The number of benzene rings is 1. The zero-order valence-electron chi connectivity index (χ0n) is 12.4. The minimum atomic E-state index is 0.362. The number of hydrogen-bond donors (Lipinski definition) is 2. The largest absolute Gasteiger partial charge is 0.381 e.